The minimum atomic E-state index is -0.465. The molecule has 1 aliphatic heterocycles. The van der Waals surface area contributed by atoms with Gasteiger partial charge in [0.1, 0.15) is 23.4 Å². The highest BCUT2D eigenvalue weighted by molar-refractivity contribution is 7.80. The van der Waals surface area contributed by atoms with Gasteiger partial charge in [0.2, 0.25) is 5.91 Å². The lowest BCUT2D eigenvalue weighted by atomic mass is 10.0. The summed E-state index contributed by atoms with van der Waals surface area (Å²) >= 11 is 5.63. The van der Waals surface area contributed by atoms with Crippen LogP contribution in [0.25, 0.3) is 11.3 Å². The predicted octanol–water partition coefficient (Wildman–Crippen LogP) is 5.39. The van der Waals surface area contributed by atoms with Crippen LogP contribution in [0.5, 0.6) is 0 Å². The number of nitro groups is 1. The number of para-hydroxylation sites is 1. The van der Waals surface area contributed by atoms with Crippen molar-refractivity contribution >= 4 is 34.6 Å². The molecule has 1 amide bonds. The Hall–Kier alpha value is -4.64. The van der Waals surface area contributed by atoms with Crippen molar-refractivity contribution in [3.63, 3.8) is 0 Å². The van der Waals surface area contributed by atoms with E-state index in [2.05, 4.69) is 15.6 Å². The zero-order valence-electron chi connectivity index (χ0n) is 19.9. The second-order valence-corrected chi connectivity index (χ2v) is 8.99. The summed E-state index contributed by atoms with van der Waals surface area (Å²) < 4.78 is 19.4. The van der Waals surface area contributed by atoms with E-state index in [0.29, 0.717) is 27.9 Å². The minimum absolute atomic E-state index is 0.0657. The molecule has 0 radical (unpaired) electrons. The minimum Gasteiger partial charge on any atom is -0.459 e. The number of hydrogen-bond acceptors (Lipinski definition) is 6. The summed E-state index contributed by atoms with van der Waals surface area (Å²) in [7, 11) is 0. The number of carbonyl (C=O) groups is 1. The van der Waals surface area contributed by atoms with Crippen LogP contribution >= 0.6 is 12.2 Å². The summed E-state index contributed by atoms with van der Waals surface area (Å²) in [6.45, 7) is 0.258. The van der Waals surface area contributed by atoms with E-state index >= 15 is 0 Å². The lowest BCUT2D eigenvalue weighted by Crippen LogP contribution is -2.32. The highest BCUT2D eigenvalue weighted by Crippen LogP contribution is 2.41. The van der Waals surface area contributed by atoms with Gasteiger partial charge >= 0.3 is 0 Å². The number of nitrogens with one attached hydrogen (secondary N) is 2. The van der Waals surface area contributed by atoms with Gasteiger partial charge in [0.05, 0.1) is 22.2 Å². The van der Waals surface area contributed by atoms with Crippen molar-refractivity contribution in [2.24, 2.45) is 0 Å². The molecule has 1 aliphatic rings. The number of pyridine rings is 1. The van der Waals surface area contributed by atoms with E-state index in [1.807, 2.05) is 23.1 Å². The molecule has 2 N–H and O–H groups in total. The molecule has 0 aliphatic carbocycles. The Kier molecular flexibility index (Phi) is 7.09. The van der Waals surface area contributed by atoms with Crippen LogP contribution in [0.1, 0.15) is 30.0 Å². The third-order valence-electron chi connectivity index (χ3n) is 6.19. The molecule has 0 saturated carbocycles. The Balaban J connectivity index is 1.42. The third kappa shape index (κ3) is 5.23. The summed E-state index contributed by atoms with van der Waals surface area (Å²) in [6, 6.07) is 20.0. The molecule has 38 heavy (non-hydrogen) atoms. The van der Waals surface area contributed by atoms with Crippen LogP contribution in [-0.2, 0) is 4.79 Å². The molecule has 2 atom stereocenters. The number of nitrogens with zero attached hydrogens (tertiary/aromatic N) is 3. The molecule has 3 heterocycles. The number of rotatable bonds is 8. The molecular weight excluding hydrogens is 509 g/mol. The van der Waals surface area contributed by atoms with Crippen molar-refractivity contribution in [1.82, 2.24) is 15.2 Å². The van der Waals surface area contributed by atoms with Gasteiger partial charge in [-0.25, -0.2) is 4.39 Å². The monoisotopic (exact) mass is 531 g/mol. The van der Waals surface area contributed by atoms with Gasteiger partial charge in [0.25, 0.3) is 5.69 Å². The molecule has 1 saturated heterocycles. The Morgan fingerprint density at radius 3 is 2.61 bits per heavy atom. The van der Waals surface area contributed by atoms with Crippen molar-refractivity contribution in [1.29, 1.82) is 0 Å². The molecule has 4 aromatic rings. The first kappa shape index (κ1) is 25.0. The molecule has 192 valence electrons. The molecular formula is C27H22FN5O4S. The van der Waals surface area contributed by atoms with Gasteiger partial charge in [-0.2, -0.15) is 0 Å². The molecule has 9 nitrogen and oxygen atoms in total. The number of anilines is 1. The van der Waals surface area contributed by atoms with Crippen LogP contribution < -0.4 is 10.6 Å². The lowest BCUT2D eigenvalue weighted by Gasteiger charge is -2.25. The highest BCUT2D eigenvalue weighted by Gasteiger charge is 2.41. The summed E-state index contributed by atoms with van der Waals surface area (Å²) in [5.41, 5.74) is 1.50. The maximum atomic E-state index is 13.2. The summed E-state index contributed by atoms with van der Waals surface area (Å²) in [5, 5.41) is 18.0. The number of hydrogen-bond donors (Lipinski definition) is 2. The fourth-order valence-electron chi connectivity index (χ4n) is 4.43. The number of carbonyl (C=O) groups excluding carboxylic acids is 1. The molecule has 0 unspecified atom stereocenters. The van der Waals surface area contributed by atoms with E-state index in [1.54, 1.807) is 36.5 Å². The van der Waals surface area contributed by atoms with E-state index in [0.717, 1.165) is 5.69 Å². The average molecular weight is 532 g/mol. The van der Waals surface area contributed by atoms with Crippen molar-refractivity contribution in [3.8, 4) is 11.3 Å². The second kappa shape index (κ2) is 10.8. The van der Waals surface area contributed by atoms with Gasteiger partial charge in [0, 0.05) is 30.9 Å². The SMILES string of the molecule is O=C(CCN1C(=S)N[C@@H](c2ccccn2)[C@H]1c1ccc(-c2ccccc2[N+](=O)[O-])o1)Nc1ccc(F)cc1. The Morgan fingerprint density at radius 1 is 1.11 bits per heavy atom. The number of thiocarbonyl (C=S) groups is 1. The smallest absolute Gasteiger partial charge is 0.280 e. The first-order valence-corrected chi connectivity index (χ1v) is 12.2. The maximum absolute atomic E-state index is 13.2. The van der Waals surface area contributed by atoms with E-state index in [1.165, 1.54) is 30.3 Å². The molecule has 1 fully saturated rings. The number of nitro benzene ring substituents is 1. The fourth-order valence-corrected chi connectivity index (χ4v) is 4.76. The first-order valence-electron chi connectivity index (χ1n) is 11.8. The van der Waals surface area contributed by atoms with Gasteiger partial charge in [-0.3, -0.25) is 19.9 Å². The summed E-state index contributed by atoms with van der Waals surface area (Å²) in [6.07, 6.45) is 1.78. The van der Waals surface area contributed by atoms with Crippen LogP contribution in [0.2, 0.25) is 0 Å². The molecule has 2 aromatic carbocycles. The first-order chi connectivity index (χ1) is 18.4. The predicted molar refractivity (Wildman–Crippen MR) is 143 cm³/mol. The summed E-state index contributed by atoms with van der Waals surface area (Å²) in [5.74, 6) is 0.206. The van der Waals surface area contributed by atoms with E-state index < -0.39 is 16.8 Å². The van der Waals surface area contributed by atoms with E-state index in [9.17, 15) is 19.3 Å². The fraction of sp³-hybridized carbons (Fsp3) is 0.148. The molecule has 0 bridgehead atoms. The third-order valence-corrected chi connectivity index (χ3v) is 6.54. The zero-order valence-corrected chi connectivity index (χ0v) is 20.7. The molecule has 11 heteroatoms. The van der Waals surface area contributed by atoms with Crippen molar-refractivity contribution in [2.45, 2.75) is 18.5 Å². The Labute approximate surface area is 222 Å². The largest absolute Gasteiger partial charge is 0.459 e. The van der Waals surface area contributed by atoms with Crippen LogP contribution in [0.3, 0.4) is 0 Å². The van der Waals surface area contributed by atoms with Crippen LogP contribution in [0.15, 0.2) is 89.5 Å². The second-order valence-electron chi connectivity index (χ2n) is 8.60. The quantitative estimate of drug-likeness (QED) is 0.177. The van der Waals surface area contributed by atoms with Crippen molar-refractivity contribution < 1.29 is 18.5 Å². The van der Waals surface area contributed by atoms with Crippen molar-refractivity contribution in [2.75, 3.05) is 11.9 Å². The van der Waals surface area contributed by atoms with E-state index in [4.69, 9.17) is 16.6 Å². The average Bonchev–Trinajstić information content (AvgIpc) is 3.53. The molecule has 0 spiro atoms. The number of amides is 1. The summed E-state index contributed by atoms with van der Waals surface area (Å²) in [4.78, 5) is 30.1. The number of furan rings is 1. The van der Waals surface area contributed by atoms with Gasteiger partial charge in [-0.15, -0.1) is 0 Å². The van der Waals surface area contributed by atoms with Gasteiger partial charge in [-0.05, 0) is 66.8 Å². The number of halogens is 1. The highest BCUT2D eigenvalue weighted by atomic mass is 32.1. The Bertz CT molecular complexity index is 1480. The van der Waals surface area contributed by atoms with Crippen LogP contribution in [0, 0.1) is 15.9 Å². The number of benzene rings is 2. The van der Waals surface area contributed by atoms with Crippen molar-refractivity contribution in [3.05, 3.63) is 112 Å². The standard InChI is InChI=1S/C27H22FN5O4S/c28-17-8-10-18(11-9-17)30-24(34)14-16-32-26(25(31-27(32)38)20-6-3-4-15-29-20)23-13-12-22(37-23)19-5-1-2-7-21(19)33(35)36/h1-13,15,25-26H,14,16H2,(H,30,34)(H,31,38)/t25-,26+/m0/s1. The molecule has 2 aromatic heterocycles. The lowest BCUT2D eigenvalue weighted by molar-refractivity contribution is -0.384. The zero-order chi connectivity index (χ0) is 26.6. The molecule has 5 rings (SSSR count). The topological polar surface area (TPSA) is 114 Å². The number of aromatic nitrogens is 1. The Morgan fingerprint density at radius 2 is 1.87 bits per heavy atom. The van der Waals surface area contributed by atoms with Crippen LogP contribution in [0.4, 0.5) is 15.8 Å². The van der Waals surface area contributed by atoms with E-state index in [-0.39, 0.29) is 30.6 Å². The van der Waals surface area contributed by atoms with Gasteiger partial charge < -0.3 is 20.0 Å². The maximum Gasteiger partial charge on any atom is 0.280 e. The van der Waals surface area contributed by atoms with Gasteiger partial charge in [-0.1, -0.05) is 18.2 Å². The normalized spacial score (nSPS) is 16.8. The van der Waals surface area contributed by atoms with Crippen LogP contribution in [-0.4, -0.2) is 32.4 Å². The van der Waals surface area contributed by atoms with Gasteiger partial charge in [0.15, 0.2) is 5.11 Å².